The third-order valence-corrected chi connectivity index (χ3v) is 4.48. The van der Waals surface area contributed by atoms with Gasteiger partial charge in [-0.2, -0.15) is 0 Å². The highest BCUT2D eigenvalue weighted by Gasteiger charge is 2.36. The van der Waals surface area contributed by atoms with Crippen LogP contribution in [0, 0.1) is 0 Å². The van der Waals surface area contributed by atoms with Gasteiger partial charge >= 0.3 is 5.97 Å². The fourth-order valence-corrected chi connectivity index (χ4v) is 2.89. The van der Waals surface area contributed by atoms with E-state index in [1.807, 2.05) is 12.1 Å². The van der Waals surface area contributed by atoms with Gasteiger partial charge in [0.15, 0.2) is 0 Å². The van der Waals surface area contributed by atoms with E-state index in [1.165, 1.54) is 4.90 Å². The predicted octanol–water partition coefficient (Wildman–Crippen LogP) is 3.53. The molecule has 1 amide bonds. The summed E-state index contributed by atoms with van der Waals surface area (Å²) in [6.45, 7) is 5.25. The first-order valence-electron chi connectivity index (χ1n) is 6.71. The molecule has 1 aromatic rings. The third kappa shape index (κ3) is 4.93. The smallest absolute Gasteiger partial charge is 0.329 e. The van der Waals surface area contributed by atoms with E-state index in [0.29, 0.717) is 23.7 Å². The van der Waals surface area contributed by atoms with Crippen molar-refractivity contribution in [2.24, 2.45) is 0 Å². The van der Waals surface area contributed by atoms with Crippen LogP contribution in [0.25, 0.3) is 0 Å². The number of nitrogens with zero attached hydrogens (tertiary/aromatic N) is 1. The Kier molecular flexibility index (Phi) is 6.55. The van der Waals surface area contributed by atoms with Crippen molar-refractivity contribution in [3.63, 3.8) is 0 Å². The first kappa shape index (κ1) is 17.9. The summed E-state index contributed by atoms with van der Waals surface area (Å²) in [6, 6.07) is 7.40. The Morgan fingerprint density at radius 1 is 1.29 bits per heavy atom. The van der Waals surface area contributed by atoms with E-state index in [4.69, 9.17) is 11.6 Å². The predicted molar refractivity (Wildman–Crippen MR) is 85.9 cm³/mol. The van der Waals surface area contributed by atoms with Gasteiger partial charge in [0, 0.05) is 28.6 Å². The zero-order chi connectivity index (χ0) is 16.0. The Bertz CT molecular complexity index is 502. The number of hydrogen-bond donors (Lipinski definition) is 1. The fraction of sp³-hybridized carbons (Fsp3) is 0.467. The van der Waals surface area contributed by atoms with Crippen LogP contribution >= 0.6 is 23.4 Å². The van der Waals surface area contributed by atoms with Gasteiger partial charge < -0.3 is 10.0 Å². The molecule has 0 fully saturated rings. The van der Waals surface area contributed by atoms with Crippen molar-refractivity contribution in [2.45, 2.75) is 37.6 Å². The topological polar surface area (TPSA) is 57.6 Å². The lowest BCUT2D eigenvalue weighted by Gasteiger charge is -2.34. The summed E-state index contributed by atoms with van der Waals surface area (Å²) in [4.78, 5) is 25.9. The molecule has 0 radical (unpaired) electrons. The van der Waals surface area contributed by atoms with E-state index in [0.717, 1.165) is 4.90 Å². The number of likely N-dealkylation sites (N-methyl/N-ethyl adjacent to an activating group) is 1. The molecule has 0 aliphatic rings. The van der Waals surface area contributed by atoms with Crippen LogP contribution in [0.3, 0.4) is 0 Å². The monoisotopic (exact) mass is 329 g/mol. The maximum absolute atomic E-state index is 12.2. The summed E-state index contributed by atoms with van der Waals surface area (Å²) in [5.41, 5.74) is -1.18. The number of carbonyl (C=O) groups excluding carboxylic acids is 1. The van der Waals surface area contributed by atoms with E-state index in [2.05, 4.69) is 0 Å². The molecule has 0 heterocycles. The molecule has 0 aliphatic heterocycles. The van der Waals surface area contributed by atoms with Crippen molar-refractivity contribution < 1.29 is 14.7 Å². The lowest BCUT2D eigenvalue weighted by molar-refractivity contribution is -0.156. The van der Waals surface area contributed by atoms with E-state index in [1.54, 1.807) is 44.7 Å². The van der Waals surface area contributed by atoms with Crippen molar-refractivity contribution in [3.05, 3.63) is 29.3 Å². The normalized spacial score (nSPS) is 11.2. The Morgan fingerprint density at radius 2 is 1.86 bits per heavy atom. The standard InChI is InChI=1S/C15H20ClNO3S/c1-4-17(15(2,3)14(19)20)13(18)9-10-21-12-7-5-11(16)6-8-12/h5-8H,4,9-10H2,1-3H3,(H,19,20). The van der Waals surface area contributed by atoms with Crippen molar-refractivity contribution in [1.29, 1.82) is 0 Å². The second-order valence-electron chi connectivity index (χ2n) is 5.05. The van der Waals surface area contributed by atoms with Crippen LogP contribution in [0.15, 0.2) is 29.2 Å². The molecule has 4 nitrogen and oxygen atoms in total. The first-order valence-corrected chi connectivity index (χ1v) is 8.07. The van der Waals surface area contributed by atoms with E-state index in [-0.39, 0.29) is 5.91 Å². The largest absolute Gasteiger partial charge is 0.480 e. The number of rotatable bonds is 7. The Labute approximate surface area is 134 Å². The van der Waals surface area contributed by atoms with Gasteiger partial charge in [0.2, 0.25) is 5.91 Å². The van der Waals surface area contributed by atoms with Crippen LogP contribution in [-0.4, -0.2) is 39.7 Å². The lowest BCUT2D eigenvalue weighted by atomic mass is 10.0. The molecule has 116 valence electrons. The van der Waals surface area contributed by atoms with Gasteiger partial charge in [0.05, 0.1) is 0 Å². The molecule has 0 aliphatic carbocycles. The summed E-state index contributed by atoms with van der Waals surface area (Å²) >= 11 is 7.36. The quantitative estimate of drug-likeness (QED) is 0.777. The number of amides is 1. The van der Waals surface area contributed by atoms with Gasteiger partial charge in [-0.3, -0.25) is 4.79 Å². The minimum atomic E-state index is -1.18. The minimum absolute atomic E-state index is 0.147. The molecule has 1 N–H and O–H groups in total. The molecule has 0 bridgehead atoms. The Morgan fingerprint density at radius 3 is 2.33 bits per heavy atom. The van der Waals surface area contributed by atoms with Gasteiger partial charge in [0.25, 0.3) is 0 Å². The molecule has 21 heavy (non-hydrogen) atoms. The van der Waals surface area contributed by atoms with Crippen LogP contribution in [0.4, 0.5) is 0 Å². The molecular formula is C15H20ClNO3S. The number of hydrogen-bond acceptors (Lipinski definition) is 3. The van der Waals surface area contributed by atoms with E-state index < -0.39 is 11.5 Å². The van der Waals surface area contributed by atoms with Crippen LogP contribution in [0.5, 0.6) is 0 Å². The van der Waals surface area contributed by atoms with Gasteiger partial charge in [-0.15, -0.1) is 11.8 Å². The van der Waals surface area contributed by atoms with Crippen LogP contribution in [0.1, 0.15) is 27.2 Å². The fourth-order valence-electron chi connectivity index (χ4n) is 1.92. The number of carboxylic acid groups (broad SMARTS) is 1. The Hall–Kier alpha value is -1.20. The summed E-state index contributed by atoms with van der Waals surface area (Å²) in [7, 11) is 0. The van der Waals surface area contributed by atoms with Gasteiger partial charge in [-0.05, 0) is 45.0 Å². The molecule has 6 heteroatoms. The highest BCUT2D eigenvalue weighted by molar-refractivity contribution is 7.99. The maximum atomic E-state index is 12.2. The molecular weight excluding hydrogens is 310 g/mol. The molecule has 0 spiro atoms. The lowest BCUT2D eigenvalue weighted by Crippen LogP contribution is -2.53. The summed E-state index contributed by atoms with van der Waals surface area (Å²) in [6.07, 6.45) is 0.303. The highest BCUT2D eigenvalue weighted by Crippen LogP contribution is 2.22. The van der Waals surface area contributed by atoms with E-state index >= 15 is 0 Å². The molecule has 1 rings (SSSR count). The number of carbonyl (C=O) groups is 2. The van der Waals surface area contributed by atoms with Crippen molar-refractivity contribution >= 4 is 35.2 Å². The summed E-state index contributed by atoms with van der Waals surface area (Å²) < 4.78 is 0. The summed E-state index contributed by atoms with van der Waals surface area (Å²) in [5.74, 6) is -0.540. The second-order valence-corrected chi connectivity index (χ2v) is 6.66. The van der Waals surface area contributed by atoms with Gasteiger partial charge in [-0.25, -0.2) is 4.79 Å². The van der Waals surface area contributed by atoms with Crippen molar-refractivity contribution in [1.82, 2.24) is 4.90 Å². The zero-order valence-corrected chi connectivity index (χ0v) is 14.0. The number of halogens is 1. The third-order valence-electron chi connectivity index (χ3n) is 3.21. The van der Waals surface area contributed by atoms with Crippen molar-refractivity contribution in [2.75, 3.05) is 12.3 Å². The van der Waals surface area contributed by atoms with Crippen molar-refractivity contribution in [3.8, 4) is 0 Å². The first-order chi connectivity index (χ1) is 9.78. The molecule has 0 aromatic heterocycles. The number of carboxylic acids is 1. The van der Waals surface area contributed by atoms with Crippen LogP contribution in [-0.2, 0) is 9.59 Å². The maximum Gasteiger partial charge on any atom is 0.329 e. The molecule has 0 atom stereocenters. The average Bonchev–Trinajstić information content (AvgIpc) is 2.41. The van der Waals surface area contributed by atoms with Crippen LogP contribution in [0.2, 0.25) is 5.02 Å². The second kappa shape index (κ2) is 7.71. The van der Waals surface area contributed by atoms with Crippen LogP contribution < -0.4 is 0 Å². The molecule has 0 unspecified atom stereocenters. The Balaban J connectivity index is 2.55. The van der Waals surface area contributed by atoms with E-state index in [9.17, 15) is 14.7 Å². The molecule has 0 saturated carbocycles. The SMILES string of the molecule is CCN(C(=O)CCSc1ccc(Cl)cc1)C(C)(C)C(=O)O. The molecule has 1 aromatic carbocycles. The average molecular weight is 330 g/mol. The van der Waals surface area contributed by atoms with Gasteiger partial charge in [-0.1, -0.05) is 11.6 Å². The molecule has 0 saturated heterocycles. The zero-order valence-electron chi connectivity index (χ0n) is 12.4. The highest BCUT2D eigenvalue weighted by atomic mass is 35.5. The number of benzene rings is 1. The number of thioether (sulfide) groups is 1. The minimum Gasteiger partial charge on any atom is -0.480 e. The number of aliphatic carboxylic acids is 1. The summed E-state index contributed by atoms with van der Waals surface area (Å²) in [5, 5.41) is 9.89. The van der Waals surface area contributed by atoms with Gasteiger partial charge in [0.1, 0.15) is 5.54 Å².